The lowest BCUT2D eigenvalue weighted by molar-refractivity contribution is 0.804. The zero-order valence-electron chi connectivity index (χ0n) is 9.35. The van der Waals surface area contributed by atoms with Gasteiger partial charge in [0.25, 0.3) is 0 Å². The van der Waals surface area contributed by atoms with Crippen molar-refractivity contribution in [2.45, 2.75) is 0 Å². The highest BCUT2D eigenvalue weighted by Crippen LogP contribution is 2.27. The predicted octanol–water partition coefficient (Wildman–Crippen LogP) is 3.56. The Morgan fingerprint density at radius 2 is 2.22 bits per heavy atom. The zero-order valence-corrected chi connectivity index (χ0v) is 11.8. The molecule has 1 N–H and O–H groups in total. The van der Waals surface area contributed by atoms with Gasteiger partial charge in [-0.25, -0.2) is 0 Å². The summed E-state index contributed by atoms with van der Waals surface area (Å²) < 4.78 is 6.21. The van der Waals surface area contributed by atoms with Crippen LogP contribution in [0.3, 0.4) is 0 Å². The Morgan fingerprint density at radius 1 is 1.28 bits per heavy atom. The van der Waals surface area contributed by atoms with Gasteiger partial charge in [0.05, 0.1) is 17.8 Å². The fraction of sp³-hybridized carbons (Fsp3) is 0. The van der Waals surface area contributed by atoms with Crippen molar-refractivity contribution in [2.75, 3.05) is 0 Å². The summed E-state index contributed by atoms with van der Waals surface area (Å²) in [5.41, 5.74) is 3.15. The molecule has 0 atom stereocenters. The lowest BCUT2D eigenvalue weighted by Crippen LogP contribution is -2.05. The summed E-state index contributed by atoms with van der Waals surface area (Å²) in [6.07, 6.45) is 8.07. The fourth-order valence-corrected chi connectivity index (χ4v) is 2.64. The van der Waals surface area contributed by atoms with Crippen LogP contribution in [0.4, 0.5) is 0 Å². The number of hydrogen-bond acceptors (Lipinski definition) is 3. The van der Waals surface area contributed by atoms with Gasteiger partial charge < -0.3 is 4.72 Å². The van der Waals surface area contributed by atoms with Crippen LogP contribution in [0.5, 0.6) is 0 Å². The predicted molar refractivity (Wildman–Crippen MR) is 78.9 cm³/mol. The van der Waals surface area contributed by atoms with E-state index in [-0.39, 0.29) is 0 Å². The van der Waals surface area contributed by atoms with Crippen molar-refractivity contribution in [1.82, 2.24) is 9.03 Å². The minimum atomic E-state index is 1.01. The van der Waals surface area contributed by atoms with E-state index in [1.807, 2.05) is 42.7 Å². The van der Waals surface area contributed by atoms with Gasteiger partial charge in [0, 0.05) is 28.0 Å². The Labute approximate surface area is 119 Å². The van der Waals surface area contributed by atoms with Gasteiger partial charge in [-0.1, -0.05) is 33.8 Å². The van der Waals surface area contributed by atoms with Crippen LogP contribution in [0.1, 0.15) is 5.56 Å². The molecule has 0 fully saturated rings. The first-order valence-corrected chi connectivity index (χ1v) is 6.97. The third-order valence-electron chi connectivity index (χ3n) is 2.48. The highest BCUT2D eigenvalue weighted by Gasteiger charge is 2.14. The molecule has 1 aromatic rings. The molecule has 0 saturated carbocycles. The lowest BCUT2D eigenvalue weighted by Gasteiger charge is -2.14. The van der Waals surface area contributed by atoms with E-state index < -0.39 is 0 Å². The number of nitrogens with one attached hydrogen (secondary N) is 1. The number of hydrogen-bond donors (Lipinski definition) is 1. The van der Waals surface area contributed by atoms with Crippen LogP contribution >= 0.6 is 28.1 Å². The molecule has 2 heterocycles. The molecule has 0 aliphatic carbocycles. The van der Waals surface area contributed by atoms with Crippen LogP contribution in [-0.2, 0) is 0 Å². The number of benzene rings is 1. The van der Waals surface area contributed by atoms with E-state index in [1.54, 1.807) is 12.1 Å². The van der Waals surface area contributed by atoms with E-state index >= 15 is 0 Å². The molecule has 0 radical (unpaired) electrons. The van der Waals surface area contributed by atoms with Crippen LogP contribution in [0.25, 0.3) is 0 Å². The van der Waals surface area contributed by atoms with E-state index in [4.69, 9.17) is 0 Å². The molecule has 18 heavy (non-hydrogen) atoms. The third kappa shape index (κ3) is 2.47. The molecule has 0 saturated heterocycles. The maximum absolute atomic E-state index is 3.44. The number of halogens is 1. The molecule has 88 valence electrons. The number of fused-ring (bicyclic) bond motifs is 1. The number of nitrogens with zero attached hydrogens (tertiary/aromatic N) is 1. The van der Waals surface area contributed by atoms with Gasteiger partial charge in [-0.3, -0.25) is 4.31 Å². The first-order valence-electron chi connectivity index (χ1n) is 5.41. The molecule has 1 aromatic carbocycles. The SMILES string of the molecule is Brc1cccc(C#CC2=CC3=CNSN3C=C2)c1. The molecule has 3 rings (SSSR count). The van der Waals surface area contributed by atoms with E-state index in [1.165, 1.54) is 0 Å². The van der Waals surface area contributed by atoms with E-state index in [0.717, 1.165) is 21.3 Å². The monoisotopic (exact) mass is 316 g/mol. The van der Waals surface area contributed by atoms with E-state index in [2.05, 4.69) is 42.9 Å². The Morgan fingerprint density at radius 3 is 3.11 bits per heavy atom. The summed E-state index contributed by atoms with van der Waals surface area (Å²) >= 11 is 4.99. The van der Waals surface area contributed by atoms with Crippen LogP contribution in [-0.4, -0.2) is 4.31 Å². The summed E-state index contributed by atoms with van der Waals surface area (Å²) in [6, 6.07) is 8.00. The first kappa shape index (κ1) is 11.5. The third-order valence-corrected chi connectivity index (χ3v) is 3.73. The Hall–Kier alpha value is -1.57. The maximum Gasteiger partial charge on any atom is 0.0726 e. The lowest BCUT2D eigenvalue weighted by atomic mass is 10.1. The molecular formula is C14H9BrN2S. The van der Waals surface area contributed by atoms with Crippen molar-refractivity contribution in [3.8, 4) is 11.8 Å². The van der Waals surface area contributed by atoms with Crippen LogP contribution in [0.15, 0.2) is 64.6 Å². The summed E-state index contributed by atoms with van der Waals surface area (Å²) in [4.78, 5) is 0. The molecule has 0 bridgehead atoms. The number of allylic oxidation sites excluding steroid dienone is 3. The van der Waals surface area contributed by atoms with Crippen molar-refractivity contribution in [2.24, 2.45) is 0 Å². The second kappa shape index (κ2) is 4.97. The molecule has 2 aliphatic heterocycles. The molecule has 2 aliphatic rings. The summed E-state index contributed by atoms with van der Waals surface area (Å²) in [5, 5.41) is 0. The molecular weight excluding hydrogens is 308 g/mol. The molecule has 2 nitrogen and oxygen atoms in total. The van der Waals surface area contributed by atoms with Crippen LogP contribution < -0.4 is 4.72 Å². The largest absolute Gasteiger partial charge is 0.316 e. The minimum Gasteiger partial charge on any atom is -0.316 e. The van der Waals surface area contributed by atoms with Gasteiger partial charge in [0.1, 0.15) is 0 Å². The summed E-state index contributed by atoms with van der Waals surface area (Å²) in [5.74, 6) is 6.34. The van der Waals surface area contributed by atoms with Gasteiger partial charge in [-0.05, 0) is 30.4 Å². The number of rotatable bonds is 0. The second-order valence-electron chi connectivity index (χ2n) is 3.78. The molecule has 0 aromatic heterocycles. The molecule has 0 spiro atoms. The Balaban J connectivity index is 1.84. The second-order valence-corrected chi connectivity index (χ2v) is 5.51. The van der Waals surface area contributed by atoms with Gasteiger partial charge in [0.2, 0.25) is 0 Å². The Kier molecular flexibility index (Phi) is 3.18. The average Bonchev–Trinajstić information content (AvgIpc) is 2.84. The molecule has 0 amide bonds. The smallest absolute Gasteiger partial charge is 0.0726 e. The fourth-order valence-electron chi connectivity index (χ4n) is 1.63. The highest BCUT2D eigenvalue weighted by molar-refractivity contribution is 9.10. The van der Waals surface area contributed by atoms with Crippen molar-refractivity contribution < 1.29 is 0 Å². The average molecular weight is 317 g/mol. The van der Waals surface area contributed by atoms with Crippen LogP contribution in [0.2, 0.25) is 0 Å². The first-order chi connectivity index (χ1) is 8.81. The minimum absolute atomic E-state index is 1.01. The standard InChI is InChI=1S/C14H9BrN2S/c15-13-3-1-2-11(8-13)4-5-12-6-7-17-14(9-12)10-16-18-17/h1-3,6-10,16H. The quantitative estimate of drug-likeness (QED) is 0.582. The summed E-state index contributed by atoms with van der Waals surface area (Å²) in [7, 11) is 0. The maximum atomic E-state index is 3.44. The topological polar surface area (TPSA) is 15.3 Å². The molecule has 4 heteroatoms. The zero-order chi connectivity index (χ0) is 12.4. The van der Waals surface area contributed by atoms with Gasteiger partial charge >= 0.3 is 0 Å². The molecule has 0 unspecified atom stereocenters. The van der Waals surface area contributed by atoms with Crippen molar-refractivity contribution in [3.05, 3.63) is 70.1 Å². The van der Waals surface area contributed by atoms with Crippen LogP contribution in [0, 0.1) is 11.8 Å². The van der Waals surface area contributed by atoms with Crippen molar-refractivity contribution in [3.63, 3.8) is 0 Å². The highest BCUT2D eigenvalue weighted by atomic mass is 79.9. The van der Waals surface area contributed by atoms with Gasteiger partial charge in [-0.15, -0.1) is 0 Å². The van der Waals surface area contributed by atoms with E-state index in [9.17, 15) is 0 Å². The van der Waals surface area contributed by atoms with Gasteiger partial charge in [0.15, 0.2) is 0 Å². The normalized spacial score (nSPS) is 16.2. The van der Waals surface area contributed by atoms with Crippen molar-refractivity contribution in [1.29, 1.82) is 0 Å². The van der Waals surface area contributed by atoms with Gasteiger partial charge in [-0.2, -0.15) is 0 Å². The van der Waals surface area contributed by atoms with Crippen molar-refractivity contribution >= 4 is 28.1 Å². The van der Waals surface area contributed by atoms with E-state index in [0.29, 0.717) is 0 Å². The summed E-state index contributed by atoms with van der Waals surface area (Å²) in [6.45, 7) is 0. The Bertz CT molecular complexity index is 635.